The monoisotopic (exact) mass is 1260 g/mol. The summed E-state index contributed by atoms with van der Waals surface area (Å²) in [6.45, 7) is 0. The molecule has 0 aliphatic carbocycles. The lowest BCUT2D eigenvalue weighted by Gasteiger charge is -2.36. The van der Waals surface area contributed by atoms with E-state index >= 15 is 0 Å². The van der Waals surface area contributed by atoms with E-state index in [4.69, 9.17) is 9.47 Å². The number of hydrogen-bond acceptors (Lipinski definition) is 5. The first kappa shape index (κ1) is 57.8. The van der Waals surface area contributed by atoms with Crippen molar-refractivity contribution in [1.29, 1.82) is 0 Å². The van der Waals surface area contributed by atoms with Crippen LogP contribution >= 0.6 is 15.9 Å². The van der Waals surface area contributed by atoms with Crippen LogP contribution in [0.4, 0.5) is 34.1 Å². The quantitative estimate of drug-likeness (QED) is 0.108. The fraction of sp³-hybridized carbons (Fsp3) is 0.0230. The highest BCUT2D eigenvalue weighted by Gasteiger charge is 2.39. The van der Waals surface area contributed by atoms with E-state index in [1.807, 2.05) is 60.7 Å². The Balaban J connectivity index is 0.000000154. The molecular formula is C87H61BrN2O3. The Morgan fingerprint density at radius 2 is 0.613 bits per heavy atom. The Bertz CT molecular complexity index is 4930. The van der Waals surface area contributed by atoms with Crippen molar-refractivity contribution in [2.24, 2.45) is 0 Å². The van der Waals surface area contributed by atoms with Crippen molar-refractivity contribution in [2.45, 2.75) is 11.2 Å². The molecule has 2 unspecified atom stereocenters. The van der Waals surface area contributed by atoms with Gasteiger partial charge in [-0.25, -0.2) is 0 Å². The molecule has 14 aromatic rings. The van der Waals surface area contributed by atoms with Crippen LogP contribution in [-0.4, -0.2) is 6.29 Å². The molecule has 0 amide bonds. The van der Waals surface area contributed by atoms with Gasteiger partial charge in [0, 0.05) is 77.5 Å². The molecule has 5 nitrogen and oxygen atoms in total. The van der Waals surface area contributed by atoms with Gasteiger partial charge in [-0.3, -0.25) is 4.79 Å². The minimum Gasteiger partial charge on any atom is -0.473 e. The number of nitrogens with zero attached hydrogens (tertiary/aromatic N) is 2. The van der Waals surface area contributed by atoms with Gasteiger partial charge >= 0.3 is 0 Å². The lowest BCUT2D eigenvalue weighted by atomic mass is 9.83. The fourth-order valence-electron chi connectivity index (χ4n) is 13.0. The molecule has 14 aromatic carbocycles. The Labute approximate surface area is 550 Å². The summed E-state index contributed by atoms with van der Waals surface area (Å²) in [7, 11) is 0. The zero-order valence-electron chi connectivity index (χ0n) is 50.7. The SMILES string of the molecule is Brc1ccc(C2(c3ccccc3)C=Cc3c(ccc4cc(-c5ccc(N(c6ccccc6)c6ccccc6)cc5)ccc34)O2)cc1.O=Cc1ccc(C2(c3ccccc3)C=Cc3c(ccc4cc(-c5ccc(N(c6ccccc6)c6ccccc6)cc5)ccc34)O2)cc1. The van der Waals surface area contributed by atoms with Gasteiger partial charge in [0.15, 0.2) is 11.2 Å². The van der Waals surface area contributed by atoms with Crippen LogP contribution in [0.5, 0.6) is 11.5 Å². The smallest absolute Gasteiger partial charge is 0.178 e. The number of rotatable bonds is 13. The van der Waals surface area contributed by atoms with E-state index in [9.17, 15) is 4.79 Å². The van der Waals surface area contributed by atoms with Crippen molar-refractivity contribution in [2.75, 3.05) is 9.80 Å². The number of hydrogen-bond donors (Lipinski definition) is 0. The molecule has 0 bridgehead atoms. The van der Waals surface area contributed by atoms with E-state index in [1.54, 1.807) is 0 Å². The summed E-state index contributed by atoms with van der Waals surface area (Å²) in [5.74, 6) is 1.70. The van der Waals surface area contributed by atoms with Gasteiger partial charge < -0.3 is 19.3 Å². The number of carbonyl (C=O) groups excluding carboxylic acids is 1. The number of aldehydes is 1. The number of carbonyl (C=O) groups is 1. The number of ether oxygens (including phenoxy) is 2. The van der Waals surface area contributed by atoms with Crippen LogP contribution in [0.3, 0.4) is 0 Å². The number of benzene rings is 14. The second-order valence-electron chi connectivity index (χ2n) is 23.3. The van der Waals surface area contributed by atoms with E-state index < -0.39 is 11.2 Å². The van der Waals surface area contributed by atoms with Crippen LogP contribution in [0.1, 0.15) is 43.7 Å². The van der Waals surface area contributed by atoms with Crippen LogP contribution in [0.15, 0.2) is 356 Å². The van der Waals surface area contributed by atoms with Crippen LogP contribution < -0.4 is 19.3 Å². The van der Waals surface area contributed by atoms with Gasteiger partial charge in [0.05, 0.1) is 0 Å². The molecule has 0 fully saturated rings. The van der Waals surface area contributed by atoms with Crippen LogP contribution in [0.2, 0.25) is 0 Å². The molecule has 0 N–H and O–H groups in total. The molecule has 2 aliphatic rings. The lowest BCUT2D eigenvalue weighted by molar-refractivity contribution is 0.112. The Hall–Kier alpha value is -11.6. The van der Waals surface area contributed by atoms with Gasteiger partial charge in [-0.1, -0.05) is 246 Å². The molecule has 0 radical (unpaired) electrons. The Kier molecular flexibility index (Phi) is 15.8. The third-order valence-corrected chi connectivity index (χ3v) is 18.2. The van der Waals surface area contributed by atoms with Crippen LogP contribution in [0, 0.1) is 0 Å². The van der Waals surface area contributed by atoms with E-state index in [0.29, 0.717) is 5.56 Å². The van der Waals surface area contributed by atoms with Crippen LogP contribution in [0.25, 0.3) is 56.0 Å². The highest BCUT2D eigenvalue weighted by atomic mass is 79.9. The third kappa shape index (κ3) is 11.4. The summed E-state index contributed by atoms with van der Waals surface area (Å²) in [6.07, 6.45) is 9.61. The first-order valence-corrected chi connectivity index (χ1v) is 32.0. The van der Waals surface area contributed by atoms with Gasteiger partial charge in [-0.05, 0) is 177 Å². The summed E-state index contributed by atoms with van der Waals surface area (Å²) in [4.78, 5) is 15.9. The molecular weight excluding hydrogens is 1200 g/mol. The number of halogens is 1. The second-order valence-corrected chi connectivity index (χ2v) is 24.2. The largest absolute Gasteiger partial charge is 0.473 e. The Morgan fingerprint density at radius 3 is 0.968 bits per heavy atom. The number of para-hydroxylation sites is 4. The average Bonchev–Trinajstić information content (AvgIpc) is 0.773. The minimum absolute atomic E-state index is 0.637. The molecule has 0 spiro atoms. The average molecular weight is 1260 g/mol. The maximum absolute atomic E-state index is 11.3. The molecule has 2 aliphatic heterocycles. The van der Waals surface area contributed by atoms with Crippen molar-refractivity contribution in [1.82, 2.24) is 0 Å². The van der Waals surface area contributed by atoms with Gasteiger partial charge in [-0.2, -0.15) is 0 Å². The summed E-state index contributed by atoms with van der Waals surface area (Å²) in [5.41, 5.74) is 16.8. The minimum atomic E-state index is -0.807. The van der Waals surface area contributed by atoms with E-state index in [-0.39, 0.29) is 0 Å². The summed E-state index contributed by atoms with van der Waals surface area (Å²) in [6, 6.07) is 118. The molecule has 16 rings (SSSR count). The summed E-state index contributed by atoms with van der Waals surface area (Å²) < 4.78 is 14.9. The molecule has 0 saturated carbocycles. The van der Waals surface area contributed by atoms with Crippen molar-refractivity contribution in [3.8, 4) is 33.8 Å². The summed E-state index contributed by atoms with van der Waals surface area (Å²) >= 11 is 3.59. The van der Waals surface area contributed by atoms with Crippen molar-refractivity contribution in [3.63, 3.8) is 0 Å². The third-order valence-electron chi connectivity index (χ3n) is 17.7. The molecule has 0 saturated heterocycles. The lowest BCUT2D eigenvalue weighted by Crippen LogP contribution is -2.34. The zero-order valence-corrected chi connectivity index (χ0v) is 52.3. The summed E-state index contributed by atoms with van der Waals surface area (Å²) in [5, 5.41) is 4.64. The Morgan fingerprint density at radius 1 is 0.301 bits per heavy atom. The van der Waals surface area contributed by atoms with Crippen LogP contribution in [-0.2, 0) is 11.2 Å². The second kappa shape index (κ2) is 25.4. The topological polar surface area (TPSA) is 42.0 Å². The van der Waals surface area contributed by atoms with Gasteiger partial charge in [0.25, 0.3) is 0 Å². The predicted octanol–water partition coefficient (Wildman–Crippen LogP) is 23.2. The van der Waals surface area contributed by atoms with Crippen molar-refractivity contribution in [3.05, 3.63) is 395 Å². The maximum atomic E-state index is 11.3. The highest BCUT2D eigenvalue weighted by molar-refractivity contribution is 9.10. The molecule has 0 aromatic heterocycles. The number of anilines is 6. The predicted molar refractivity (Wildman–Crippen MR) is 388 cm³/mol. The molecule has 444 valence electrons. The molecule has 93 heavy (non-hydrogen) atoms. The molecule has 2 heterocycles. The molecule has 2 atom stereocenters. The van der Waals surface area contributed by atoms with Crippen molar-refractivity contribution >= 4 is 90.0 Å². The normalized spacial score (nSPS) is 15.2. The van der Waals surface area contributed by atoms with Gasteiger partial charge in [-0.15, -0.1) is 0 Å². The van der Waals surface area contributed by atoms with E-state index in [1.165, 1.54) is 21.9 Å². The van der Waals surface area contributed by atoms with E-state index in [0.717, 1.165) is 112 Å². The first-order valence-electron chi connectivity index (χ1n) is 31.2. The first-order chi connectivity index (χ1) is 45.9. The van der Waals surface area contributed by atoms with E-state index in [2.05, 4.69) is 329 Å². The molecule has 6 heteroatoms. The van der Waals surface area contributed by atoms with Gasteiger partial charge in [0.2, 0.25) is 0 Å². The standard InChI is InChI=1S/C44H31NO2.C43H30BrNO/c46-31-32-16-22-37(23-17-32)44(36-10-4-1-5-11-36)29-28-42-41-26-20-34(30-35(41)21-27-43(42)47-44)33-18-24-40(25-19-33)45(38-12-6-2-7-13-38)39-14-8-3-9-15-39;44-36-22-20-35(21-23-36)43(34-10-4-1-5-11-34)29-28-41-40-26-18-32(30-33(40)19-27-42(41)46-43)31-16-24-39(25-17-31)45(37-12-6-2-7-13-37)38-14-8-3-9-15-38/h1-31H;1-30H. The fourth-order valence-corrected chi connectivity index (χ4v) is 13.3. The van der Waals surface area contributed by atoms with Gasteiger partial charge in [0.1, 0.15) is 17.8 Å². The number of fused-ring (bicyclic) bond motifs is 6. The maximum Gasteiger partial charge on any atom is 0.178 e. The highest BCUT2D eigenvalue weighted by Crippen LogP contribution is 2.48. The zero-order chi connectivity index (χ0) is 62.6. The van der Waals surface area contributed by atoms with Crippen molar-refractivity contribution < 1.29 is 14.3 Å².